The van der Waals surface area contributed by atoms with Gasteiger partial charge in [-0.25, -0.2) is 0 Å². The maximum Gasteiger partial charge on any atom is 0.273 e. The molecule has 0 aliphatic carbocycles. The molecule has 1 rings (SSSR count). The standard InChI is InChI=1S/C10H16N2O2.C2H6/c1-7(10(2,3)4)11-9(13)8-5-6-14-12-8;1-2/h5-7H,1-4H3,(H,11,13);1-2H3. The van der Waals surface area contributed by atoms with Crippen molar-refractivity contribution in [1.29, 1.82) is 0 Å². The van der Waals surface area contributed by atoms with Gasteiger partial charge in [0.2, 0.25) is 0 Å². The third-order valence-corrected chi connectivity index (χ3v) is 2.32. The molecule has 1 N–H and O–H groups in total. The molecular formula is C12H22N2O2. The van der Waals surface area contributed by atoms with E-state index < -0.39 is 0 Å². The summed E-state index contributed by atoms with van der Waals surface area (Å²) in [5, 5.41) is 6.43. The van der Waals surface area contributed by atoms with Crippen molar-refractivity contribution in [2.75, 3.05) is 0 Å². The summed E-state index contributed by atoms with van der Waals surface area (Å²) >= 11 is 0. The van der Waals surface area contributed by atoms with Gasteiger partial charge >= 0.3 is 0 Å². The molecule has 1 heterocycles. The molecule has 0 fully saturated rings. The van der Waals surface area contributed by atoms with Gasteiger partial charge in [-0.2, -0.15) is 0 Å². The predicted octanol–water partition coefficient (Wildman–Crippen LogP) is 2.87. The molecule has 1 atom stereocenters. The molecule has 0 saturated heterocycles. The Kier molecular flexibility index (Phi) is 5.78. The van der Waals surface area contributed by atoms with Crippen LogP contribution in [0.25, 0.3) is 0 Å². The second-order valence-electron chi connectivity index (χ2n) is 4.45. The van der Waals surface area contributed by atoms with E-state index in [2.05, 4.69) is 35.8 Å². The highest BCUT2D eigenvalue weighted by Gasteiger charge is 2.22. The lowest BCUT2D eigenvalue weighted by Gasteiger charge is -2.27. The molecule has 1 aromatic rings. The number of nitrogens with one attached hydrogen (secondary N) is 1. The number of amides is 1. The van der Waals surface area contributed by atoms with Gasteiger partial charge in [-0.3, -0.25) is 4.79 Å². The monoisotopic (exact) mass is 226 g/mol. The Balaban J connectivity index is 0.00000106. The van der Waals surface area contributed by atoms with E-state index in [1.807, 2.05) is 20.8 Å². The van der Waals surface area contributed by atoms with Gasteiger partial charge in [0.15, 0.2) is 5.69 Å². The normalized spacial score (nSPS) is 12.4. The van der Waals surface area contributed by atoms with Crippen LogP contribution in [0.5, 0.6) is 0 Å². The Hall–Kier alpha value is -1.32. The van der Waals surface area contributed by atoms with E-state index in [9.17, 15) is 4.79 Å². The van der Waals surface area contributed by atoms with E-state index in [-0.39, 0.29) is 17.4 Å². The number of hydrogen-bond donors (Lipinski definition) is 1. The first-order chi connectivity index (χ1) is 7.41. The molecule has 0 saturated carbocycles. The fraction of sp³-hybridized carbons (Fsp3) is 0.667. The SMILES string of the molecule is CC.CC(NC(=O)c1ccon1)C(C)(C)C. The third kappa shape index (κ3) is 4.47. The minimum Gasteiger partial charge on any atom is -0.364 e. The van der Waals surface area contributed by atoms with E-state index in [0.29, 0.717) is 5.69 Å². The summed E-state index contributed by atoms with van der Waals surface area (Å²) in [6, 6.07) is 1.64. The number of aromatic nitrogens is 1. The van der Waals surface area contributed by atoms with Gasteiger partial charge in [-0.1, -0.05) is 39.8 Å². The lowest BCUT2D eigenvalue weighted by molar-refractivity contribution is 0.0901. The fourth-order valence-electron chi connectivity index (χ4n) is 0.817. The highest BCUT2D eigenvalue weighted by atomic mass is 16.5. The Morgan fingerprint density at radius 1 is 1.44 bits per heavy atom. The summed E-state index contributed by atoms with van der Waals surface area (Å²) in [6.07, 6.45) is 1.39. The first kappa shape index (κ1) is 14.7. The second-order valence-corrected chi connectivity index (χ2v) is 4.45. The Morgan fingerprint density at radius 3 is 2.38 bits per heavy atom. The molecule has 0 aliphatic rings. The van der Waals surface area contributed by atoms with Crippen LogP contribution in [-0.4, -0.2) is 17.1 Å². The summed E-state index contributed by atoms with van der Waals surface area (Å²) < 4.78 is 4.59. The second kappa shape index (κ2) is 6.30. The summed E-state index contributed by atoms with van der Waals surface area (Å²) in [7, 11) is 0. The van der Waals surface area contributed by atoms with Gasteiger partial charge < -0.3 is 9.84 Å². The fourth-order valence-corrected chi connectivity index (χ4v) is 0.817. The van der Waals surface area contributed by atoms with Crippen molar-refractivity contribution in [2.24, 2.45) is 5.41 Å². The van der Waals surface area contributed by atoms with Crippen molar-refractivity contribution in [3.63, 3.8) is 0 Å². The van der Waals surface area contributed by atoms with E-state index in [0.717, 1.165) is 0 Å². The molecular weight excluding hydrogens is 204 g/mol. The molecule has 92 valence electrons. The molecule has 0 spiro atoms. The highest BCUT2D eigenvalue weighted by Crippen LogP contribution is 2.18. The molecule has 4 nitrogen and oxygen atoms in total. The smallest absolute Gasteiger partial charge is 0.273 e. The zero-order valence-electron chi connectivity index (χ0n) is 11.0. The van der Waals surface area contributed by atoms with E-state index in [1.54, 1.807) is 6.07 Å². The van der Waals surface area contributed by atoms with Crippen LogP contribution in [0.3, 0.4) is 0 Å². The lowest BCUT2D eigenvalue weighted by atomic mass is 9.88. The minimum absolute atomic E-state index is 0.0411. The summed E-state index contributed by atoms with van der Waals surface area (Å²) in [4.78, 5) is 11.5. The molecule has 4 heteroatoms. The topological polar surface area (TPSA) is 55.1 Å². The molecule has 16 heavy (non-hydrogen) atoms. The van der Waals surface area contributed by atoms with E-state index >= 15 is 0 Å². The molecule has 0 radical (unpaired) electrons. The number of carbonyl (C=O) groups is 1. The number of carbonyl (C=O) groups excluding carboxylic acids is 1. The quantitative estimate of drug-likeness (QED) is 0.843. The lowest BCUT2D eigenvalue weighted by Crippen LogP contribution is -2.41. The summed E-state index contributed by atoms with van der Waals surface area (Å²) in [5.74, 6) is -0.193. The van der Waals surface area contributed by atoms with Crippen molar-refractivity contribution in [3.8, 4) is 0 Å². The number of nitrogens with zero attached hydrogens (tertiary/aromatic N) is 1. The van der Waals surface area contributed by atoms with Gasteiger partial charge in [-0.05, 0) is 12.3 Å². The van der Waals surface area contributed by atoms with Crippen LogP contribution in [0.1, 0.15) is 52.0 Å². The van der Waals surface area contributed by atoms with Crippen molar-refractivity contribution in [2.45, 2.75) is 47.6 Å². The molecule has 1 amide bonds. The predicted molar refractivity (Wildman–Crippen MR) is 64.2 cm³/mol. The van der Waals surface area contributed by atoms with Crippen LogP contribution >= 0.6 is 0 Å². The first-order valence-corrected chi connectivity index (χ1v) is 5.62. The maximum absolute atomic E-state index is 11.5. The Bertz CT molecular complexity index is 299. The molecule has 0 bridgehead atoms. The third-order valence-electron chi connectivity index (χ3n) is 2.32. The van der Waals surface area contributed by atoms with Crippen molar-refractivity contribution >= 4 is 5.91 Å². The van der Waals surface area contributed by atoms with Crippen LogP contribution in [0, 0.1) is 5.41 Å². The minimum atomic E-state index is -0.193. The largest absolute Gasteiger partial charge is 0.364 e. The maximum atomic E-state index is 11.5. The molecule has 0 aromatic carbocycles. The average molecular weight is 226 g/mol. The molecule has 1 unspecified atom stereocenters. The van der Waals surface area contributed by atoms with Crippen molar-refractivity contribution < 1.29 is 9.32 Å². The van der Waals surface area contributed by atoms with E-state index in [1.165, 1.54) is 6.26 Å². The van der Waals surface area contributed by atoms with Gasteiger partial charge in [0, 0.05) is 12.1 Å². The average Bonchev–Trinajstić information content (AvgIpc) is 2.72. The zero-order valence-corrected chi connectivity index (χ0v) is 11.0. The van der Waals surface area contributed by atoms with Crippen molar-refractivity contribution in [3.05, 3.63) is 18.0 Å². The van der Waals surface area contributed by atoms with Crippen LogP contribution in [-0.2, 0) is 0 Å². The van der Waals surface area contributed by atoms with E-state index in [4.69, 9.17) is 0 Å². The van der Waals surface area contributed by atoms with Crippen LogP contribution in [0.15, 0.2) is 16.9 Å². The highest BCUT2D eigenvalue weighted by molar-refractivity contribution is 5.92. The van der Waals surface area contributed by atoms with Crippen LogP contribution in [0.2, 0.25) is 0 Å². The summed E-state index contributed by atoms with van der Waals surface area (Å²) in [6.45, 7) is 12.2. The van der Waals surface area contributed by atoms with Crippen molar-refractivity contribution in [1.82, 2.24) is 10.5 Å². The van der Waals surface area contributed by atoms with Crippen LogP contribution < -0.4 is 5.32 Å². The van der Waals surface area contributed by atoms with Gasteiger partial charge in [0.25, 0.3) is 5.91 Å². The zero-order chi connectivity index (χ0) is 12.8. The van der Waals surface area contributed by atoms with Crippen LogP contribution in [0.4, 0.5) is 0 Å². The number of rotatable bonds is 2. The Labute approximate surface area is 97.4 Å². The molecule has 0 aliphatic heterocycles. The Morgan fingerprint density at radius 2 is 2.00 bits per heavy atom. The number of hydrogen-bond acceptors (Lipinski definition) is 3. The molecule has 1 aromatic heterocycles. The van der Waals surface area contributed by atoms with Gasteiger partial charge in [-0.15, -0.1) is 0 Å². The van der Waals surface area contributed by atoms with Gasteiger partial charge in [0.05, 0.1) is 0 Å². The van der Waals surface area contributed by atoms with Gasteiger partial charge in [0.1, 0.15) is 6.26 Å². The summed E-state index contributed by atoms with van der Waals surface area (Å²) in [5.41, 5.74) is 0.362. The first-order valence-electron chi connectivity index (χ1n) is 5.62.